The van der Waals surface area contributed by atoms with Crippen molar-refractivity contribution in [3.8, 4) is 11.5 Å². The van der Waals surface area contributed by atoms with Crippen LogP contribution in [0.1, 0.15) is 11.1 Å². The summed E-state index contributed by atoms with van der Waals surface area (Å²) in [6.07, 6.45) is 1.55. The summed E-state index contributed by atoms with van der Waals surface area (Å²) in [7, 11) is 3.22. The average molecular weight is 351 g/mol. The minimum absolute atomic E-state index is 0.413. The first-order chi connectivity index (χ1) is 12.6. The lowest BCUT2D eigenvalue weighted by Gasteiger charge is -2.13. The van der Waals surface area contributed by atoms with Gasteiger partial charge in [0, 0.05) is 11.8 Å². The number of benzene rings is 2. The summed E-state index contributed by atoms with van der Waals surface area (Å²) >= 11 is 0. The maximum absolute atomic E-state index is 5.39. The lowest BCUT2D eigenvalue weighted by molar-refractivity contribution is 0.395. The Bertz CT molecular complexity index is 914. The van der Waals surface area contributed by atoms with E-state index in [1.807, 2.05) is 24.3 Å². The Morgan fingerprint density at radius 1 is 0.923 bits per heavy atom. The molecule has 3 rings (SSSR count). The maximum Gasteiger partial charge on any atom is 0.249 e. The highest BCUT2D eigenvalue weighted by Gasteiger charge is 2.08. The molecule has 7 heteroatoms. The molecule has 0 bridgehead atoms. The standard InChI is InChI=1S/C19H21N5O2/c1-12-6-5-7-15(13(12)2)22-19-23-18(11-20-24-19)21-16-9-8-14(25-3)10-17(16)26-4/h5-11H,1-4H3,(H2,21,22,23,24). The van der Waals surface area contributed by atoms with Gasteiger partial charge >= 0.3 is 0 Å². The van der Waals surface area contributed by atoms with E-state index in [0.29, 0.717) is 23.3 Å². The van der Waals surface area contributed by atoms with E-state index < -0.39 is 0 Å². The fourth-order valence-corrected chi connectivity index (χ4v) is 2.46. The molecule has 0 aliphatic carbocycles. The van der Waals surface area contributed by atoms with Crippen LogP contribution in [-0.4, -0.2) is 29.4 Å². The van der Waals surface area contributed by atoms with Gasteiger partial charge in [0.25, 0.3) is 0 Å². The van der Waals surface area contributed by atoms with Crippen LogP contribution >= 0.6 is 0 Å². The number of methoxy groups -OCH3 is 2. The number of ether oxygens (including phenoxy) is 2. The third-order valence-corrected chi connectivity index (χ3v) is 4.08. The van der Waals surface area contributed by atoms with E-state index in [1.54, 1.807) is 26.5 Å². The van der Waals surface area contributed by atoms with Gasteiger partial charge in [0.2, 0.25) is 5.95 Å². The first-order valence-electron chi connectivity index (χ1n) is 8.12. The van der Waals surface area contributed by atoms with Crippen LogP contribution in [-0.2, 0) is 0 Å². The molecule has 0 spiro atoms. The largest absolute Gasteiger partial charge is 0.497 e. The van der Waals surface area contributed by atoms with Gasteiger partial charge in [-0.25, -0.2) is 0 Å². The molecule has 134 valence electrons. The molecular weight excluding hydrogens is 330 g/mol. The molecule has 0 amide bonds. The second kappa shape index (κ2) is 7.69. The number of hydrogen-bond acceptors (Lipinski definition) is 7. The van der Waals surface area contributed by atoms with Crippen LogP contribution in [0.2, 0.25) is 0 Å². The van der Waals surface area contributed by atoms with Crippen molar-refractivity contribution >= 4 is 23.1 Å². The van der Waals surface area contributed by atoms with Crippen LogP contribution in [0.15, 0.2) is 42.6 Å². The van der Waals surface area contributed by atoms with Gasteiger partial charge in [-0.15, -0.1) is 5.10 Å². The molecular formula is C19H21N5O2. The van der Waals surface area contributed by atoms with Crippen molar-refractivity contribution in [1.82, 2.24) is 15.2 Å². The van der Waals surface area contributed by atoms with E-state index in [9.17, 15) is 0 Å². The van der Waals surface area contributed by atoms with Gasteiger partial charge in [-0.3, -0.25) is 0 Å². The van der Waals surface area contributed by atoms with Gasteiger partial charge in [0.05, 0.1) is 26.1 Å². The molecule has 26 heavy (non-hydrogen) atoms. The second-order valence-corrected chi connectivity index (χ2v) is 5.73. The van der Waals surface area contributed by atoms with Crippen LogP contribution in [0, 0.1) is 13.8 Å². The molecule has 0 aliphatic heterocycles. The number of rotatable bonds is 6. The zero-order valence-corrected chi connectivity index (χ0v) is 15.2. The number of aromatic nitrogens is 3. The molecule has 7 nitrogen and oxygen atoms in total. The molecule has 0 fully saturated rings. The number of anilines is 4. The van der Waals surface area contributed by atoms with Gasteiger partial charge < -0.3 is 20.1 Å². The molecule has 0 aliphatic rings. The Kier molecular flexibility index (Phi) is 5.17. The molecule has 0 radical (unpaired) electrons. The zero-order valence-electron chi connectivity index (χ0n) is 15.2. The van der Waals surface area contributed by atoms with Crippen molar-refractivity contribution in [1.29, 1.82) is 0 Å². The number of nitrogens with one attached hydrogen (secondary N) is 2. The first-order valence-corrected chi connectivity index (χ1v) is 8.12. The van der Waals surface area contributed by atoms with Crippen molar-refractivity contribution in [2.75, 3.05) is 24.9 Å². The van der Waals surface area contributed by atoms with Crippen LogP contribution in [0.25, 0.3) is 0 Å². The predicted molar refractivity (Wildman–Crippen MR) is 102 cm³/mol. The summed E-state index contributed by atoms with van der Waals surface area (Å²) in [5, 5.41) is 14.5. The Balaban J connectivity index is 1.83. The fourth-order valence-electron chi connectivity index (χ4n) is 2.46. The number of aryl methyl sites for hydroxylation is 1. The minimum atomic E-state index is 0.413. The highest BCUT2D eigenvalue weighted by atomic mass is 16.5. The Morgan fingerprint density at radius 3 is 2.54 bits per heavy atom. The van der Waals surface area contributed by atoms with Crippen molar-refractivity contribution in [2.24, 2.45) is 0 Å². The van der Waals surface area contributed by atoms with Gasteiger partial charge in [-0.2, -0.15) is 10.1 Å². The summed E-state index contributed by atoms with van der Waals surface area (Å²) in [5.41, 5.74) is 4.05. The van der Waals surface area contributed by atoms with E-state index >= 15 is 0 Å². The molecule has 1 heterocycles. The summed E-state index contributed by atoms with van der Waals surface area (Å²) in [6, 6.07) is 11.5. The maximum atomic E-state index is 5.39. The van der Waals surface area contributed by atoms with Crippen LogP contribution in [0.4, 0.5) is 23.1 Å². The normalized spacial score (nSPS) is 10.3. The summed E-state index contributed by atoms with van der Waals surface area (Å²) < 4.78 is 10.6. The van der Waals surface area contributed by atoms with Gasteiger partial charge in [-0.05, 0) is 43.2 Å². The second-order valence-electron chi connectivity index (χ2n) is 5.73. The summed E-state index contributed by atoms with van der Waals surface area (Å²) in [4.78, 5) is 4.47. The lowest BCUT2D eigenvalue weighted by Crippen LogP contribution is -2.04. The minimum Gasteiger partial charge on any atom is -0.497 e. The number of hydrogen-bond donors (Lipinski definition) is 2. The fraction of sp³-hybridized carbons (Fsp3) is 0.211. The van der Waals surface area contributed by atoms with Gasteiger partial charge in [0.15, 0.2) is 5.82 Å². The molecule has 0 atom stereocenters. The highest BCUT2D eigenvalue weighted by Crippen LogP contribution is 2.31. The molecule has 1 aromatic heterocycles. The predicted octanol–water partition coefficient (Wildman–Crippen LogP) is 3.99. The van der Waals surface area contributed by atoms with Crippen molar-refractivity contribution < 1.29 is 9.47 Å². The average Bonchev–Trinajstić information content (AvgIpc) is 2.66. The molecule has 3 aromatic rings. The van der Waals surface area contributed by atoms with E-state index in [1.165, 1.54) is 5.56 Å². The van der Waals surface area contributed by atoms with Crippen LogP contribution in [0.3, 0.4) is 0 Å². The van der Waals surface area contributed by atoms with Crippen molar-refractivity contribution in [2.45, 2.75) is 13.8 Å². The summed E-state index contributed by atoms with van der Waals surface area (Å²) in [5.74, 6) is 2.32. The van der Waals surface area contributed by atoms with E-state index in [0.717, 1.165) is 16.9 Å². The molecule has 0 saturated heterocycles. The summed E-state index contributed by atoms with van der Waals surface area (Å²) in [6.45, 7) is 4.11. The van der Waals surface area contributed by atoms with Gasteiger partial charge in [-0.1, -0.05) is 12.1 Å². The van der Waals surface area contributed by atoms with Crippen LogP contribution in [0.5, 0.6) is 11.5 Å². The highest BCUT2D eigenvalue weighted by molar-refractivity contribution is 5.66. The monoisotopic (exact) mass is 351 g/mol. The Morgan fingerprint density at radius 2 is 1.77 bits per heavy atom. The lowest BCUT2D eigenvalue weighted by atomic mass is 10.1. The zero-order chi connectivity index (χ0) is 18.5. The SMILES string of the molecule is COc1ccc(Nc2cnnc(Nc3cccc(C)c3C)n2)c(OC)c1. The molecule has 0 saturated carbocycles. The number of nitrogens with zero attached hydrogens (tertiary/aromatic N) is 3. The third kappa shape index (κ3) is 3.83. The van der Waals surface area contributed by atoms with Crippen LogP contribution < -0.4 is 20.1 Å². The third-order valence-electron chi connectivity index (χ3n) is 4.08. The molecule has 0 unspecified atom stereocenters. The topological polar surface area (TPSA) is 81.2 Å². The Hall–Kier alpha value is -3.35. The van der Waals surface area contributed by atoms with E-state index in [-0.39, 0.29) is 0 Å². The first kappa shape index (κ1) is 17.5. The van der Waals surface area contributed by atoms with E-state index in [2.05, 4.69) is 45.7 Å². The quantitative estimate of drug-likeness (QED) is 0.695. The molecule has 2 aromatic carbocycles. The smallest absolute Gasteiger partial charge is 0.249 e. The Labute approximate surface area is 152 Å². The van der Waals surface area contributed by atoms with E-state index in [4.69, 9.17) is 9.47 Å². The van der Waals surface area contributed by atoms with Gasteiger partial charge in [0.1, 0.15) is 11.5 Å². The van der Waals surface area contributed by atoms with Crippen molar-refractivity contribution in [3.63, 3.8) is 0 Å². The molecule has 2 N–H and O–H groups in total. The van der Waals surface area contributed by atoms with Crippen molar-refractivity contribution in [3.05, 3.63) is 53.7 Å².